The fourth-order valence-electron chi connectivity index (χ4n) is 1.64. The SMILES string of the molecule is CCNc1cc(NCC(C)CSC)nc(CC)n1. The largest absolute Gasteiger partial charge is 0.370 e. The van der Waals surface area contributed by atoms with Gasteiger partial charge in [0.1, 0.15) is 17.5 Å². The van der Waals surface area contributed by atoms with Crippen LogP contribution in [0.15, 0.2) is 6.07 Å². The third kappa shape index (κ3) is 5.12. The topological polar surface area (TPSA) is 49.8 Å². The molecule has 0 aliphatic carbocycles. The second kappa shape index (κ2) is 8.19. The molecule has 1 heterocycles. The molecule has 2 N–H and O–H groups in total. The molecule has 0 fully saturated rings. The van der Waals surface area contributed by atoms with Gasteiger partial charge in [0.05, 0.1) is 0 Å². The zero-order valence-electron chi connectivity index (χ0n) is 11.8. The number of thioether (sulfide) groups is 1. The van der Waals surface area contributed by atoms with Gasteiger partial charge in [0.25, 0.3) is 0 Å². The first kappa shape index (κ1) is 15.1. The van der Waals surface area contributed by atoms with Gasteiger partial charge in [-0.1, -0.05) is 13.8 Å². The maximum Gasteiger partial charge on any atom is 0.132 e. The standard InChI is InChI=1S/C13H24N4S/c1-5-11-16-12(14-6-2)7-13(17-11)15-8-10(3)9-18-4/h7,10H,5-6,8-9H2,1-4H3,(H2,14,15,16,17). The van der Waals surface area contributed by atoms with Crippen molar-refractivity contribution in [2.24, 2.45) is 5.92 Å². The van der Waals surface area contributed by atoms with Crippen LogP contribution in [0.25, 0.3) is 0 Å². The Balaban J connectivity index is 2.65. The highest BCUT2D eigenvalue weighted by atomic mass is 32.2. The molecule has 1 unspecified atom stereocenters. The lowest BCUT2D eigenvalue weighted by atomic mass is 10.2. The molecule has 0 amide bonds. The van der Waals surface area contributed by atoms with Gasteiger partial charge >= 0.3 is 0 Å². The summed E-state index contributed by atoms with van der Waals surface area (Å²) >= 11 is 1.88. The van der Waals surface area contributed by atoms with Gasteiger partial charge in [0.15, 0.2) is 0 Å². The number of hydrogen-bond acceptors (Lipinski definition) is 5. The summed E-state index contributed by atoms with van der Waals surface area (Å²) in [6.07, 6.45) is 2.99. The van der Waals surface area contributed by atoms with Crippen LogP contribution in [-0.4, -0.2) is 35.1 Å². The number of hydrogen-bond donors (Lipinski definition) is 2. The minimum atomic E-state index is 0.641. The Kier molecular flexibility index (Phi) is 6.86. The highest BCUT2D eigenvalue weighted by Gasteiger charge is 2.05. The van der Waals surface area contributed by atoms with Crippen LogP contribution < -0.4 is 10.6 Å². The first-order valence-corrected chi connectivity index (χ1v) is 7.93. The highest BCUT2D eigenvalue weighted by molar-refractivity contribution is 7.98. The van der Waals surface area contributed by atoms with E-state index in [1.807, 2.05) is 17.8 Å². The zero-order chi connectivity index (χ0) is 13.4. The van der Waals surface area contributed by atoms with Gasteiger partial charge < -0.3 is 10.6 Å². The third-order valence-electron chi connectivity index (χ3n) is 2.53. The molecule has 0 aliphatic rings. The normalized spacial score (nSPS) is 12.2. The van der Waals surface area contributed by atoms with Gasteiger partial charge in [-0.25, -0.2) is 9.97 Å². The predicted octanol–water partition coefficient (Wildman–Crippen LogP) is 2.88. The lowest BCUT2D eigenvalue weighted by Gasteiger charge is -2.13. The van der Waals surface area contributed by atoms with E-state index in [2.05, 4.69) is 47.6 Å². The number of anilines is 2. The Morgan fingerprint density at radius 3 is 2.44 bits per heavy atom. The van der Waals surface area contributed by atoms with E-state index in [-0.39, 0.29) is 0 Å². The van der Waals surface area contributed by atoms with Gasteiger partial charge in [-0.2, -0.15) is 11.8 Å². The van der Waals surface area contributed by atoms with Gasteiger partial charge in [0, 0.05) is 25.6 Å². The number of aromatic nitrogens is 2. The van der Waals surface area contributed by atoms with Crippen LogP contribution in [0.5, 0.6) is 0 Å². The predicted molar refractivity (Wildman–Crippen MR) is 81.6 cm³/mol. The van der Waals surface area contributed by atoms with Gasteiger partial charge in [0.2, 0.25) is 0 Å². The molecule has 0 saturated carbocycles. The molecule has 1 atom stereocenters. The number of nitrogens with zero attached hydrogens (tertiary/aromatic N) is 2. The van der Waals surface area contributed by atoms with E-state index >= 15 is 0 Å². The fourth-order valence-corrected chi connectivity index (χ4v) is 2.33. The molecule has 0 bridgehead atoms. The molecule has 4 nitrogen and oxygen atoms in total. The molecule has 1 aromatic rings. The minimum Gasteiger partial charge on any atom is -0.370 e. The molecule has 5 heteroatoms. The average molecular weight is 268 g/mol. The Bertz CT molecular complexity index is 357. The van der Waals surface area contributed by atoms with Crippen molar-refractivity contribution in [3.63, 3.8) is 0 Å². The Morgan fingerprint density at radius 1 is 1.22 bits per heavy atom. The summed E-state index contributed by atoms with van der Waals surface area (Å²) in [4.78, 5) is 8.94. The number of rotatable bonds is 8. The molecule has 18 heavy (non-hydrogen) atoms. The van der Waals surface area contributed by atoms with Crippen LogP contribution in [0.2, 0.25) is 0 Å². The van der Waals surface area contributed by atoms with Crippen molar-refractivity contribution < 1.29 is 0 Å². The van der Waals surface area contributed by atoms with Crippen LogP contribution in [0.1, 0.15) is 26.6 Å². The minimum absolute atomic E-state index is 0.641. The van der Waals surface area contributed by atoms with Crippen LogP contribution in [0.4, 0.5) is 11.6 Å². The molecule has 0 spiro atoms. The third-order valence-corrected chi connectivity index (χ3v) is 3.43. The number of nitrogens with one attached hydrogen (secondary N) is 2. The summed E-state index contributed by atoms with van der Waals surface area (Å²) in [6.45, 7) is 8.22. The van der Waals surface area contributed by atoms with Crippen molar-refractivity contribution in [3.05, 3.63) is 11.9 Å². The second-order valence-electron chi connectivity index (χ2n) is 4.38. The second-order valence-corrected chi connectivity index (χ2v) is 5.29. The van der Waals surface area contributed by atoms with Crippen molar-refractivity contribution in [1.29, 1.82) is 0 Å². The smallest absolute Gasteiger partial charge is 0.132 e. The van der Waals surface area contributed by atoms with E-state index in [0.717, 1.165) is 37.0 Å². The zero-order valence-corrected chi connectivity index (χ0v) is 12.6. The first-order chi connectivity index (χ1) is 8.69. The van der Waals surface area contributed by atoms with Crippen LogP contribution in [0, 0.1) is 5.92 Å². The summed E-state index contributed by atoms with van der Waals surface area (Å²) in [7, 11) is 0. The molecular weight excluding hydrogens is 244 g/mol. The molecular formula is C13H24N4S. The van der Waals surface area contributed by atoms with E-state index in [0.29, 0.717) is 5.92 Å². The quantitative estimate of drug-likeness (QED) is 0.759. The Labute approximate surface area is 114 Å². The molecule has 0 aromatic carbocycles. The molecule has 0 aliphatic heterocycles. The molecule has 1 aromatic heterocycles. The maximum absolute atomic E-state index is 4.50. The van der Waals surface area contributed by atoms with Crippen LogP contribution in [-0.2, 0) is 6.42 Å². The lowest BCUT2D eigenvalue weighted by molar-refractivity contribution is 0.698. The van der Waals surface area contributed by atoms with Crippen molar-refractivity contribution >= 4 is 23.4 Å². The Morgan fingerprint density at radius 2 is 1.89 bits per heavy atom. The molecule has 1 rings (SSSR count). The van der Waals surface area contributed by atoms with Crippen LogP contribution >= 0.6 is 11.8 Å². The molecule has 0 saturated heterocycles. The number of aryl methyl sites for hydroxylation is 1. The first-order valence-electron chi connectivity index (χ1n) is 6.54. The monoisotopic (exact) mass is 268 g/mol. The lowest BCUT2D eigenvalue weighted by Crippen LogP contribution is -2.15. The molecule has 102 valence electrons. The summed E-state index contributed by atoms with van der Waals surface area (Å²) in [5.74, 6) is 4.52. The van der Waals surface area contributed by atoms with Crippen molar-refractivity contribution in [2.75, 3.05) is 35.7 Å². The van der Waals surface area contributed by atoms with Gasteiger partial charge in [-0.3, -0.25) is 0 Å². The van der Waals surface area contributed by atoms with E-state index in [4.69, 9.17) is 0 Å². The highest BCUT2D eigenvalue weighted by Crippen LogP contribution is 2.13. The van der Waals surface area contributed by atoms with E-state index < -0.39 is 0 Å². The maximum atomic E-state index is 4.50. The van der Waals surface area contributed by atoms with Crippen molar-refractivity contribution in [2.45, 2.75) is 27.2 Å². The Hall–Kier alpha value is -0.970. The summed E-state index contributed by atoms with van der Waals surface area (Å²) < 4.78 is 0. The summed E-state index contributed by atoms with van der Waals surface area (Å²) in [5.41, 5.74) is 0. The average Bonchev–Trinajstić information content (AvgIpc) is 2.37. The van der Waals surface area contributed by atoms with E-state index in [1.165, 1.54) is 5.75 Å². The molecule has 0 radical (unpaired) electrons. The van der Waals surface area contributed by atoms with Crippen LogP contribution in [0.3, 0.4) is 0 Å². The van der Waals surface area contributed by atoms with Gasteiger partial charge in [-0.15, -0.1) is 0 Å². The summed E-state index contributed by atoms with van der Waals surface area (Å²) in [6, 6.07) is 1.98. The van der Waals surface area contributed by atoms with E-state index in [9.17, 15) is 0 Å². The van der Waals surface area contributed by atoms with E-state index in [1.54, 1.807) is 0 Å². The fraction of sp³-hybridized carbons (Fsp3) is 0.692. The summed E-state index contributed by atoms with van der Waals surface area (Å²) in [5, 5.41) is 6.64. The van der Waals surface area contributed by atoms with Gasteiger partial charge in [-0.05, 0) is 24.9 Å². The van der Waals surface area contributed by atoms with Crippen molar-refractivity contribution in [1.82, 2.24) is 9.97 Å². The van der Waals surface area contributed by atoms with Crippen molar-refractivity contribution in [3.8, 4) is 0 Å².